The summed E-state index contributed by atoms with van der Waals surface area (Å²) >= 11 is 0. The molecule has 30 heavy (non-hydrogen) atoms. The number of ether oxygens (including phenoxy) is 1. The number of carbonyl (C=O) groups is 2. The Bertz CT molecular complexity index is 1150. The van der Waals surface area contributed by atoms with Crippen LogP contribution in [0.2, 0.25) is 0 Å². The maximum absolute atomic E-state index is 12.6. The maximum Gasteiger partial charge on any atom is 0.339 e. The van der Waals surface area contributed by atoms with Gasteiger partial charge >= 0.3 is 5.97 Å². The number of aromatic nitrogens is 1. The Labute approximate surface area is 174 Å². The number of esters is 1. The molecule has 2 aromatic carbocycles. The van der Waals surface area contributed by atoms with E-state index in [0.29, 0.717) is 16.8 Å². The summed E-state index contributed by atoms with van der Waals surface area (Å²) in [4.78, 5) is 27.9. The summed E-state index contributed by atoms with van der Waals surface area (Å²) in [6.07, 6.45) is 3.14. The first-order valence-corrected chi connectivity index (χ1v) is 10.4. The van der Waals surface area contributed by atoms with Crippen LogP contribution in [0.15, 0.2) is 78.0 Å². The topological polar surface area (TPSA) is 114 Å². The molecule has 0 saturated carbocycles. The van der Waals surface area contributed by atoms with Gasteiger partial charge < -0.3 is 10.1 Å². The van der Waals surface area contributed by atoms with Crippen LogP contribution < -0.4 is 10.0 Å². The quantitative estimate of drug-likeness (QED) is 0.563. The summed E-state index contributed by atoms with van der Waals surface area (Å²) in [6, 6.07) is 15.7. The van der Waals surface area contributed by atoms with Gasteiger partial charge in [-0.3, -0.25) is 9.78 Å². The fraction of sp³-hybridized carbons (Fsp3) is 0.0952. The van der Waals surface area contributed by atoms with E-state index in [1.807, 2.05) is 0 Å². The van der Waals surface area contributed by atoms with Crippen LogP contribution >= 0.6 is 0 Å². The molecule has 0 unspecified atom stereocenters. The smallest absolute Gasteiger partial charge is 0.339 e. The van der Waals surface area contributed by atoms with E-state index in [4.69, 9.17) is 0 Å². The normalized spacial score (nSPS) is 11.0. The number of carbonyl (C=O) groups excluding carboxylic acids is 2. The Hall–Kier alpha value is -3.56. The van der Waals surface area contributed by atoms with Crippen molar-refractivity contribution in [3.05, 3.63) is 89.7 Å². The summed E-state index contributed by atoms with van der Waals surface area (Å²) in [5.41, 5.74) is 1.59. The van der Waals surface area contributed by atoms with Crippen molar-refractivity contribution >= 4 is 27.6 Å². The van der Waals surface area contributed by atoms with E-state index in [1.165, 1.54) is 31.5 Å². The van der Waals surface area contributed by atoms with Gasteiger partial charge in [0.05, 0.1) is 29.5 Å². The molecule has 1 heterocycles. The Morgan fingerprint density at radius 3 is 2.40 bits per heavy atom. The molecule has 0 aliphatic heterocycles. The lowest BCUT2D eigenvalue weighted by atomic mass is 10.1. The van der Waals surface area contributed by atoms with E-state index in [-0.39, 0.29) is 22.9 Å². The van der Waals surface area contributed by atoms with Crippen LogP contribution in [-0.2, 0) is 21.3 Å². The van der Waals surface area contributed by atoms with E-state index >= 15 is 0 Å². The van der Waals surface area contributed by atoms with Crippen LogP contribution in [-0.4, -0.2) is 32.4 Å². The standard InChI is InChI=1S/C21H19N3O5S/c1-29-21(26)18-6-2-3-7-19(18)30(27,28)23-13-15-8-10-16(11-9-15)20(25)24-17-5-4-12-22-14-17/h2-12,14,23H,13H2,1H3,(H,24,25). The van der Waals surface area contributed by atoms with E-state index in [9.17, 15) is 18.0 Å². The first-order valence-electron chi connectivity index (χ1n) is 8.88. The van der Waals surface area contributed by atoms with Gasteiger partial charge in [0.25, 0.3) is 5.91 Å². The second-order valence-corrected chi connectivity index (χ2v) is 7.94. The largest absolute Gasteiger partial charge is 0.465 e. The second-order valence-electron chi connectivity index (χ2n) is 6.21. The molecular formula is C21H19N3O5S. The number of nitrogens with one attached hydrogen (secondary N) is 2. The van der Waals surface area contributed by atoms with Crippen LogP contribution in [0.25, 0.3) is 0 Å². The third-order valence-corrected chi connectivity index (χ3v) is 5.64. The first kappa shape index (κ1) is 21.2. The fourth-order valence-electron chi connectivity index (χ4n) is 2.65. The van der Waals surface area contributed by atoms with Gasteiger partial charge in [-0.05, 0) is 42.0 Å². The summed E-state index contributed by atoms with van der Waals surface area (Å²) < 4.78 is 32.4. The average Bonchev–Trinajstić information content (AvgIpc) is 2.78. The van der Waals surface area contributed by atoms with Crippen molar-refractivity contribution in [3.8, 4) is 0 Å². The molecule has 154 valence electrons. The fourth-order valence-corrected chi connectivity index (χ4v) is 3.86. The van der Waals surface area contributed by atoms with Gasteiger partial charge in [0.1, 0.15) is 0 Å². The Morgan fingerprint density at radius 2 is 1.73 bits per heavy atom. The molecule has 0 aliphatic rings. The molecular weight excluding hydrogens is 406 g/mol. The monoisotopic (exact) mass is 425 g/mol. The summed E-state index contributed by atoms with van der Waals surface area (Å²) in [5.74, 6) is -1.04. The number of hydrogen-bond donors (Lipinski definition) is 2. The summed E-state index contributed by atoms with van der Waals surface area (Å²) in [5, 5.41) is 2.72. The highest BCUT2D eigenvalue weighted by atomic mass is 32.2. The molecule has 1 amide bonds. The molecule has 0 saturated heterocycles. The zero-order valence-electron chi connectivity index (χ0n) is 16.0. The third kappa shape index (κ3) is 5.07. The number of amides is 1. The highest BCUT2D eigenvalue weighted by Crippen LogP contribution is 2.17. The molecule has 0 radical (unpaired) electrons. The van der Waals surface area contributed by atoms with Gasteiger partial charge in [0.2, 0.25) is 10.0 Å². The van der Waals surface area contributed by atoms with Gasteiger partial charge in [-0.25, -0.2) is 17.9 Å². The Kier molecular flexibility index (Phi) is 6.55. The number of rotatable bonds is 7. The molecule has 0 atom stereocenters. The van der Waals surface area contributed by atoms with Crippen molar-refractivity contribution in [1.82, 2.24) is 9.71 Å². The van der Waals surface area contributed by atoms with Gasteiger partial charge in [0, 0.05) is 18.3 Å². The second kappa shape index (κ2) is 9.29. The number of hydrogen-bond acceptors (Lipinski definition) is 6. The maximum atomic E-state index is 12.6. The van der Waals surface area contributed by atoms with E-state index < -0.39 is 16.0 Å². The van der Waals surface area contributed by atoms with Crippen LogP contribution in [0.1, 0.15) is 26.3 Å². The zero-order valence-corrected chi connectivity index (χ0v) is 16.8. The molecule has 1 aromatic heterocycles. The SMILES string of the molecule is COC(=O)c1ccccc1S(=O)(=O)NCc1ccc(C(=O)Nc2cccnc2)cc1. The molecule has 0 aliphatic carbocycles. The van der Waals surface area contributed by atoms with Gasteiger partial charge in [-0.2, -0.15) is 0 Å². The predicted octanol–water partition coefficient (Wildman–Crippen LogP) is 2.60. The molecule has 0 spiro atoms. The zero-order chi connectivity index (χ0) is 21.6. The lowest BCUT2D eigenvalue weighted by Gasteiger charge is -2.11. The molecule has 9 heteroatoms. The van der Waals surface area contributed by atoms with Crippen molar-refractivity contribution in [2.24, 2.45) is 0 Å². The highest BCUT2D eigenvalue weighted by Gasteiger charge is 2.22. The molecule has 2 N–H and O–H groups in total. The summed E-state index contributed by atoms with van der Waals surface area (Å²) in [6.45, 7) is -0.0116. The van der Waals surface area contributed by atoms with Gasteiger partial charge in [-0.15, -0.1) is 0 Å². The van der Waals surface area contributed by atoms with E-state index in [0.717, 1.165) is 0 Å². The van der Waals surface area contributed by atoms with Crippen molar-refractivity contribution in [3.63, 3.8) is 0 Å². The number of pyridine rings is 1. The van der Waals surface area contributed by atoms with E-state index in [2.05, 4.69) is 19.8 Å². The van der Waals surface area contributed by atoms with Crippen LogP contribution in [0.3, 0.4) is 0 Å². The first-order chi connectivity index (χ1) is 14.4. The number of nitrogens with zero attached hydrogens (tertiary/aromatic N) is 1. The highest BCUT2D eigenvalue weighted by molar-refractivity contribution is 7.89. The van der Waals surface area contributed by atoms with Gasteiger partial charge in [0.15, 0.2) is 0 Å². The lowest BCUT2D eigenvalue weighted by Crippen LogP contribution is -2.25. The van der Waals surface area contributed by atoms with Crippen molar-refractivity contribution < 1.29 is 22.7 Å². The predicted molar refractivity (Wildman–Crippen MR) is 110 cm³/mol. The van der Waals surface area contributed by atoms with Gasteiger partial charge in [-0.1, -0.05) is 24.3 Å². The minimum atomic E-state index is -3.95. The number of sulfonamides is 1. The average molecular weight is 425 g/mol. The third-order valence-electron chi connectivity index (χ3n) is 4.18. The Balaban J connectivity index is 1.68. The lowest BCUT2D eigenvalue weighted by molar-refractivity contribution is 0.0596. The van der Waals surface area contributed by atoms with Crippen LogP contribution in [0.4, 0.5) is 5.69 Å². The number of anilines is 1. The summed E-state index contributed by atoms with van der Waals surface area (Å²) in [7, 11) is -2.76. The van der Waals surface area contributed by atoms with Crippen molar-refractivity contribution in [1.29, 1.82) is 0 Å². The molecule has 0 bridgehead atoms. The van der Waals surface area contributed by atoms with Crippen molar-refractivity contribution in [2.45, 2.75) is 11.4 Å². The van der Waals surface area contributed by atoms with Crippen molar-refractivity contribution in [2.75, 3.05) is 12.4 Å². The van der Waals surface area contributed by atoms with E-state index in [1.54, 1.807) is 48.7 Å². The number of methoxy groups -OCH3 is 1. The molecule has 3 aromatic rings. The van der Waals surface area contributed by atoms with Crippen LogP contribution in [0, 0.1) is 0 Å². The van der Waals surface area contributed by atoms with Crippen LogP contribution in [0.5, 0.6) is 0 Å². The minimum absolute atomic E-state index is 0.0116. The number of benzene rings is 2. The molecule has 8 nitrogen and oxygen atoms in total. The Morgan fingerprint density at radius 1 is 1.00 bits per heavy atom. The molecule has 3 rings (SSSR count). The minimum Gasteiger partial charge on any atom is -0.465 e. The molecule has 0 fully saturated rings.